The van der Waals surface area contributed by atoms with Crippen molar-refractivity contribution < 1.29 is 38.6 Å². The summed E-state index contributed by atoms with van der Waals surface area (Å²) in [5.74, 6) is -12.7. The molecule has 4 rings (SSSR count). The summed E-state index contributed by atoms with van der Waals surface area (Å²) in [6.45, 7) is 0.341. The number of phenolic OH excluding ortho intramolecular Hbond substituents is 1. The van der Waals surface area contributed by atoms with Crippen molar-refractivity contribution in [2.24, 2.45) is 35.1 Å². The van der Waals surface area contributed by atoms with Crippen molar-refractivity contribution >= 4 is 34.7 Å². The first kappa shape index (κ1) is 24.9. The van der Waals surface area contributed by atoms with Crippen LogP contribution in [-0.4, -0.2) is 83.0 Å². The fraction of sp³-hybridized carbons (Fsp3) is 0.522. The lowest BCUT2D eigenvalue weighted by Crippen LogP contribution is -2.74. The molecule has 0 heterocycles. The summed E-state index contributed by atoms with van der Waals surface area (Å²) < 4.78 is 15.0. The van der Waals surface area contributed by atoms with Gasteiger partial charge in [0.05, 0.1) is 23.2 Å². The number of nitrogens with two attached hydrogens (primary N) is 2. The number of amides is 1. The number of likely N-dealkylation sites (N-methyl/N-ethyl adjacent to an activating group) is 1. The largest absolute Gasteiger partial charge is 0.505 e. The molecule has 35 heavy (non-hydrogen) atoms. The van der Waals surface area contributed by atoms with Gasteiger partial charge in [-0.05, 0) is 32.9 Å². The number of hydrogen-bond donors (Lipinski definition) is 5. The van der Waals surface area contributed by atoms with Crippen molar-refractivity contribution in [3.05, 3.63) is 23.0 Å². The number of benzene rings is 1. The van der Waals surface area contributed by atoms with Crippen LogP contribution in [0.25, 0.3) is 0 Å². The van der Waals surface area contributed by atoms with Crippen LogP contribution in [0, 0.1) is 29.5 Å². The van der Waals surface area contributed by atoms with Crippen molar-refractivity contribution in [3.8, 4) is 5.75 Å². The number of carbonyl (C=O) groups is 5. The highest BCUT2D eigenvalue weighted by molar-refractivity contribution is 6.32. The number of aliphatic hydroxyl groups is 1. The summed E-state index contributed by atoms with van der Waals surface area (Å²) in [6.07, 6.45) is -0.278. The number of phenols is 1. The normalized spacial score (nSPS) is 32.2. The highest BCUT2D eigenvalue weighted by Crippen LogP contribution is 2.51. The Morgan fingerprint density at radius 1 is 1.26 bits per heavy atom. The van der Waals surface area contributed by atoms with E-state index >= 15 is 4.39 Å². The number of ketones is 4. The molecule has 3 aliphatic carbocycles. The second-order valence-corrected chi connectivity index (χ2v) is 9.61. The van der Waals surface area contributed by atoms with E-state index in [0.29, 0.717) is 0 Å². The lowest BCUT2D eigenvalue weighted by atomic mass is 9.52. The van der Waals surface area contributed by atoms with Crippen LogP contribution < -0.4 is 16.8 Å². The van der Waals surface area contributed by atoms with Crippen molar-refractivity contribution in [2.75, 3.05) is 32.5 Å². The molecule has 0 radical (unpaired) electrons. The number of carbonyl (C=O) groups excluding carboxylic acids is 5. The predicted molar refractivity (Wildman–Crippen MR) is 119 cm³/mol. The van der Waals surface area contributed by atoms with E-state index in [1.165, 1.54) is 19.0 Å². The van der Waals surface area contributed by atoms with E-state index in [0.717, 1.165) is 6.07 Å². The van der Waals surface area contributed by atoms with Crippen LogP contribution >= 0.6 is 0 Å². The van der Waals surface area contributed by atoms with Crippen LogP contribution in [0.2, 0.25) is 0 Å². The zero-order valence-corrected chi connectivity index (χ0v) is 19.2. The molecule has 2 unspecified atom stereocenters. The molecule has 1 aromatic rings. The van der Waals surface area contributed by atoms with Gasteiger partial charge in [-0.1, -0.05) is 0 Å². The predicted octanol–water partition coefficient (Wildman–Crippen LogP) is -1.62. The van der Waals surface area contributed by atoms with E-state index in [-0.39, 0.29) is 37.2 Å². The van der Waals surface area contributed by atoms with Crippen LogP contribution in [0.4, 0.5) is 10.1 Å². The Kier molecular flexibility index (Phi) is 6.02. The maximum Gasteiger partial charge on any atom is 0.235 e. The molecular formula is C23H27FN4O7. The van der Waals surface area contributed by atoms with Gasteiger partial charge in [0.2, 0.25) is 5.91 Å². The van der Waals surface area contributed by atoms with Crippen LogP contribution in [-0.2, 0) is 25.6 Å². The molecule has 0 bridgehead atoms. The minimum atomic E-state index is -2.82. The topological polar surface area (TPSA) is 193 Å². The minimum Gasteiger partial charge on any atom is -0.505 e. The van der Waals surface area contributed by atoms with Gasteiger partial charge in [-0.2, -0.15) is 0 Å². The van der Waals surface area contributed by atoms with Crippen LogP contribution in [0.5, 0.6) is 5.75 Å². The average molecular weight is 490 g/mol. The summed E-state index contributed by atoms with van der Waals surface area (Å²) in [7, 11) is 2.98. The van der Waals surface area contributed by atoms with Crippen molar-refractivity contribution in [1.29, 1.82) is 0 Å². The molecule has 1 aromatic carbocycles. The molecule has 0 saturated heterocycles. The molecule has 7 N–H and O–H groups in total. The second-order valence-electron chi connectivity index (χ2n) is 9.61. The molecule has 2 saturated carbocycles. The van der Waals surface area contributed by atoms with Gasteiger partial charge in [0, 0.05) is 30.6 Å². The zero-order chi connectivity index (χ0) is 26.0. The number of hydrogen-bond acceptors (Lipinski definition) is 10. The lowest BCUT2D eigenvalue weighted by Gasteiger charge is -2.52. The first-order chi connectivity index (χ1) is 16.4. The van der Waals surface area contributed by atoms with Gasteiger partial charge in [0.1, 0.15) is 11.6 Å². The van der Waals surface area contributed by atoms with Gasteiger partial charge >= 0.3 is 0 Å². The Balaban J connectivity index is 1.85. The number of primary amides is 1. The third-order valence-electron chi connectivity index (χ3n) is 7.47. The number of nitrogens with one attached hydrogen (secondary N) is 1. The van der Waals surface area contributed by atoms with Gasteiger partial charge in [0.15, 0.2) is 34.7 Å². The standard InChI is InChI=1S/C23H27FN4O7/c1-28(2)16-10-6-8-5-9-11(24)7-12(27-4-3-25)17(29)14(9)18(30)13(8)20(32)23(10,35)21(33)15(19(16)31)22(26)34/h7-8,10,13,15-16,27,29,35H,3-6,25H2,1-2H3,(H2,26,34)/t8-,10-,13?,15?,16-,23-/m0/s1. The Hall–Kier alpha value is -3.22. The molecule has 0 spiro atoms. The first-order valence-corrected chi connectivity index (χ1v) is 11.2. The van der Waals surface area contributed by atoms with Crippen molar-refractivity contribution in [3.63, 3.8) is 0 Å². The molecule has 3 aliphatic rings. The molecule has 1 amide bonds. The molecule has 2 fully saturated rings. The second kappa shape index (κ2) is 8.47. The summed E-state index contributed by atoms with van der Waals surface area (Å²) in [6, 6.07) is -0.177. The number of Topliss-reactive ketones (excluding diaryl/α,β-unsaturated/α-hetero) is 4. The molecule has 0 aromatic heterocycles. The summed E-state index contributed by atoms with van der Waals surface area (Å²) in [5, 5.41) is 24.9. The molecule has 188 valence electrons. The Morgan fingerprint density at radius 2 is 1.91 bits per heavy atom. The first-order valence-electron chi connectivity index (χ1n) is 11.2. The van der Waals surface area contributed by atoms with Crippen LogP contribution in [0.15, 0.2) is 6.07 Å². The molecular weight excluding hydrogens is 463 g/mol. The third kappa shape index (κ3) is 3.39. The zero-order valence-electron chi connectivity index (χ0n) is 19.2. The van der Waals surface area contributed by atoms with Gasteiger partial charge in [0.25, 0.3) is 0 Å². The highest BCUT2D eigenvalue weighted by Gasteiger charge is 2.69. The quantitative estimate of drug-likeness (QED) is 0.236. The third-order valence-corrected chi connectivity index (χ3v) is 7.47. The van der Waals surface area contributed by atoms with E-state index < -0.39 is 81.5 Å². The van der Waals surface area contributed by atoms with Gasteiger partial charge < -0.3 is 27.0 Å². The average Bonchev–Trinajstić information content (AvgIpc) is 2.77. The molecule has 12 heteroatoms. The number of rotatable bonds is 5. The van der Waals surface area contributed by atoms with Gasteiger partial charge in [-0.3, -0.25) is 28.9 Å². The van der Waals surface area contributed by atoms with Crippen molar-refractivity contribution in [2.45, 2.75) is 24.5 Å². The van der Waals surface area contributed by atoms with Gasteiger partial charge in [-0.15, -0.1) is 0 Å². The van der Waals surface area contributed by atoms with Crippen molar-refractivity contribution in [1.82, 2.24) is 4.90 Å². The Morgan fingerprint density at radius 3 is 2.49 bits per heavy atom. The summed E-state index contributed by atoms with van der Waals surface area (Å²) >= 11 is 0. The minimum absolute atomic E-state index is 0.0841. The van der Waals surface area contributed by atoms with E-state index in [1.54, 1.807) is 0 Å². The van der Waals surface area contributed by atoms with E-state index in [1.807, 2.05) is 0 Å². The molecule has 6 atom stereocenters. The maximum absolute atomic E-state index is 15.0. The van der Waals surface area contributed by atoms with E-state index in [2.05, 4.69) is 5.32 Å². The van der Waals surface area contributed by atoms with Crippen LogP contribution in [0.3, 0.4) is 0 Å². The molecule has 11 nitrogen and oxygen atoms in total. The summed E-state index contributed by atoms with van der Waals surface area (Å²) in [5.41, 5.74) is 7.31. The Labute approximate surface area is 199 Å². The lowest BCUT2D eigenvalue weighted by molar-refractivity contribution is -0.181. The smallest absolute Gasteiger partial charge is 0.235 e. The van der Waals surface area contributed by atoms with Crippen LogP contribution in [0.1, 0.15) is 22.3 Å². The number of nitrogens with zero attached hydrogens (tertiary/aromatic N) is 1. The number of anilines is 1. The fourth-order valence-electron chi connectivity index (χ4n) is 5.97. The highest BCUT2D eigenvalue weighted by atomic mass is 19.1. The number of aromatic hydroxyl groups is 1. The SMILES string of the molecule is CN(C)[C@@H]1C(=O)C(C(N)=O)C(=O)[C@@]2(O)C(=O)C3C(=O)c4c(O)c(NCCN)cc(F)c4C[C@H]3C[C@@H]12. The van der Waals surface area contributed by atoms with Gasteiger partial charge in [-0.25, -0.2) is 4.39 Å². The summed E-state index contributed by atoms with van der Waals surface area (Å²) in [4.78, 5) is 66.7. The van der Waals surface area contributed by atoms with E-state index in [9.17, 15) is 34.2 Å². The van der Waals surface area contributed by atoms with E-state index in [4.69, 9.17) is 11.5 Å². The maximum atomic E-state index is 15.0. The number of halogens is 1. The monoisotopic (exact) mass is 490 g/mol. The fourth-order valence-corrected chi connectivity index (χ4v) is 5.97. The molecule has 0 aliphatic heterocycles. The number of fused-ring (bicyclic) bond motifs is 3. The Bertz CT molecular complexity index is 1170.